The molecule has 17 heavy (non-hydrogen) atoms. The summed E-state index contributed by atoms with van der Waals surface area (Å²) in [5.74, 6) is -1.47. The number of ether oxygens (including phenoxy) is 1. The average Bonchev–Trinajstić information content (AvgIpc) is 2.22. The molecule has 0 aliphatic rings. The molecule has 3 nitrogen and oxygen atoms in total. The minimum absolute atomic E-state index is 0.0731. The van der Waals surface area contributed by atoms with Crippen molar-refractivity contribution in [2.75, 3.05) is 0 Å². The Balaban J connectivity index is 2.99. The largest absolute Gasteiger partial charge is 0.481 e. The van der Waals surface area contributed by atoms with Gasteiger partial charge in [0.2, 0.25) is 0 Å². The van der Waals surface area contributed by atoms with Gasteiger partial charge in [-0.05, 0) is 30.5 Å². The number of hydrogen-bond donors (Lipinski definition) is 1. The number of carbonyl (C=O) groups is 1. The molecular weight excluding hydrogens is 230 g/mol. The molecule has 0 radical (unpaired) electrons. The molecule has 0 aliphatic heterocycles. The molecule has 1 N–H and O–H groups in total. The lowest BCUT2D eigenvalue weighted by molar-refractivity contribution is -0.138. The molecule has 0 saturated carbocycles. The maximum absolute atomic E-state index is 12.0. The van der Waals surface area contributed by atoms with Gasteiger partial charge in [0.1, 0.15) is 5.75 Å². The normalized spacial score (nSPS) is 12.5. The van der Waals surface area contributed by atoms with E-state index in [0.717, 1.165) is 0 Å². The monoisotopic (exact) mass is 244 g/mol. The second kappa shape index (κ2) is 5.61. The first-order valence-electron chi connectivity index (χ1n) is 5.23. The predicted molar refractivity (Wildman–Crippen MR) is 58.5 cm³/mol. The Bertz CT molecular complexity index is 405. The predicted octanol–water partition coefficient (Wildman–Crippen LogP) is 3.17. The van der Waals surface area contributed by atoms with Crippen LogP contribution < -0.4 is 4.74 Å². The number of alkyl halides is 2. The van der Waals surface area contributed by atoms with Crippen LogP contribution in [0, 0.1) is 6.92 Å². The van der Waals surface area contributed by atoms with Gasteiger partial charge in [0, 0.05) is 0 Å². The van der Waals surface area contributed by atoms with Crippen molar-refractivity contribution in [3.63, 3.8) is 0 Å². The molecule has 0 fully saturated rings. The highest BCUT2D eigenvalue weighted by molar-refractivity contribution is 5.76. The Morgan fingerprint density at radius 3 is 2.53 bits per heavy atom. The van der Waals surface area contributed by atoms with Crippen molar-refractivity contribution in [2.45, 2.75) is 32.8 Å². The van der Waals surface area contributed by atoms with Crippen molar-refractivity contribution in [2.24, 2.45) is 0 Å². The molecule has 5 heteroatoms. The van der Waals surface area contributed by atoms with E-state index in [1.54, 1.807) is 19.9 Å². The minimum atomic E-state index is -2.87. The Morgan fingerprint density at radius 1 is 1.47 bits per heavy atom. The summed E-state index contributed by atoms with van der Waals surface area (Å²) in [5.41, 5.74) is 1.10. The van der Waals surface area contributed by atoms with E-state index in [4.69, 9.17) is 5.11 Å². The summed E-state index contributed by atoms with van der Waals surface area (Å²) in [5, 5.41) is 8.98. The van der Waals surface area contributed by atoms with E-state index in [1.807, 2.05) is 0 Å². The van der Waals surface area contributed by atoms with Gasteiger partial charge in [-0.1, -0.05) is 19.1 Å². The lowest BCUT2D eigenvalue weighted by atomic mass is 9.95. The lowest BCUT2D eigenvalue weighted by Crippen LogP contribution is -2.11. The van der Waals surface area contributed by atoms with Gasteiger partial charge < -0.3 is 9.84 Å². The highest BCUT2D eigenvalue weighted by Crippen LogP contribution is 2.26. The molecule has 1 atom stereocenters. The first-order valence-corrected chi connectivity index (χ1v) is 5.23. The summed E-state index contributed by atoms with van der Waals surface area (Å²) in [7, 11) is 0. The van der Waals surface area contributed by atoms with E-state index < -0.39 is 18.5 Å². The number of aliphatic carboxylic acids is 1. The SMILES string of the molecule is CCC(C(=O)O)c1ccc(OC(F)F)c(C)c1. The third kappa shape index (κ3) is 3.41. The van der Waals surface area contributed by atoms with Crippen LogP contribution >= 0.6 is 0 Å². The van der Waals surface area contributed by atoms with E-state index >= 15 is 0 Å². The van der Waals surface area contributed by atoms with Gasteiger partial charge in [0.05, 0.1) is 5.92 Å². The second-order valence-corrected chi connectivity index (χ2v) is 3.70. The minimum Gasteiger partial charge on any atom is -0.481 e. The van der Waals surface area contributed by atoms with E-state index in [9.17, 15) is 13.6 Å². The third-order valence-electron chi connectivity index (χ3n) is 2.52. The number of rotatable bonds is 5. The zero-order valence-electron chi connectivity index (χ0n) is 9.61. The molecule has 94 valence electrons. The van der Waals surface area contributed by atoms with Crippen LogP contribution in [0.3, 0.4) is 0 Å². The molecule has 0 amide bonds. The Kier molecular flexibility index (Phi) is 4.43. The van der Waals surface area contributed by atoms with Crippen molar-refractivity contribution < 1.29 is 23.4 Å². The molecule has 0 spiro atoms. The summed E-state index contributed by atoms with van der Waals surface area (Å²) < 4.78 is 28.4. The number of carboxylic acid groups (broad SMARTS) is 1. The first-order chi connectivity index (χ1) is 7.95. The van der Waals surface area contributed by atoms with Gasteiger partial charge in [0.25, 0.3) is 0 Å². The second-order valence-electron chi connectivity index (χ2n) is 3.70. The zero-order chi connectivity index (χ0) is 13.0. The standard InChI is InChI=1S/C12H14F2O3/c1-3-9(11(15)16)8-4-5-10(7(2)6-8)17-12(13)14/h4-6,9,12H,3H2,1-2H3,(H,15,16). The topological polar surface area (TPSA) is 46.5 Å². The van der Waals surface area contributed by atoms with Crippen molar-refractivity contribution in [3.05, 3.63) is 29.3 Å². The van der Waals surface area contributed by atoms with Crippen molar-refractivity contribution in [1.82, 2.24) is 0 Å². The zero-order valence-corrected chi connectivity index (χ0v) is 9.61. The van der Waals surface area contributed by atoms with E-state index in [-0.39, 0.29) is 5.75 Å². The highest BCUT2D eigenvalue weighted by Gasteiger charge is 2.18. The number of carboxylic acids is 1. The maximum atomic E-state index is 12.0. The Morgan fingerprint density at radius 2 is 2.12 bits per heavy atom. The van der Waals surface area contributed by atoms with Gasteiger partial charge in [-0.25, -0.2) is 0 Å². The van der Waals surface area contributed by atoms with E-state index in [2.05, 4.69) is 4.74 Å². The van der Waals surface area contributed by atoms with E-state index in [0.29, 0.717) is 17.5 Å². The fourth-order valence-electron chi connectivity index (χ4n) is 1.67. The molecule has 1 rings (SSSR count). The molecule has 1 aromatic carbocycles. The summed E-state index contributed by atoms with van der Waals surface area (Å²) in [4.78, 5) is 11.0. The van der Waals surface area contributed by atoms with Crippen molar-refractivity contribution in [1.29, 1.82) is 0 Å². The maximum Gasteiger partial charge on any atom is 0.387 e. The summed E-state index contributed by atoms with van der Waals surface area (Å²) in [6.07, 6.45) is 0.448. The number of hydrogen-bond acceptors (Lipinski definition) is 2. The molecule has 0 saturated heterocycles. The van der Waals surface area contributed by atoms with Crippen LogP contribution in [-0.4, -0.2) is 17.7 Å². The van der Waals surface area contributed by atoms with Crippen LogP contribution in [0.15, 0.2) is 18.2 Å². The number of benzene rings is 1. The van der Waals surface area contributed by atoms with Crippen molar-refractivity contribution in [3.8, 4) is 5.75 Å². The van der Waals surface area contributed by atoms with Crippen LogP contribution in [0.25, 0.3) is 0 Å². The van der Waals surface area contributed by atoms with Crippen LogP contribution in [0.1, 0.15) is 30.4 Å². The van der Waals surface area contributed by atoms with Crippen molar-refractivity contribution >= 4 is 5.97 Å². The van der Waals surface area contributed by atoms with Gasteiger partial charge in [-0.3, -0.25) is 4.79 Å². The Hall–Kier alpha value is -1.65. The molecule has 0 heterocycles. The molecule has 1 aromatic rings. The van der Waals surface area contributed by atoms with Gasteiger partial charge >= 0.3 is 12.6 Å². The molecule has 0 aliphatic carbocycles. The van der Waals surface area contributed by atoms with Crippen LogP contribution in [0.2, 0.25) is 0 Å². The third-order valence-corrected chi connectivity index (χ3v) is 2.52. The smallest absolute Gasteiger partial charge is 0.387 e. The fourth-order valence-corrected chi connectivity index (χ4v) is 1.67. The van der Waals surface area contributed by atoms with E-state index in [1.165, 1.54) is 12.1 Å². The molecule has 0 aromatic heterocycles. The Labute approximate surface area is 98.0 Å². The average molecular weight is 244 g/mol. The number of halogens is 2. The summed E-state index contributed by atoms with van der Waals surface area (Å²) in [6.45, 7) is 0.494. The van der Waals surface area contributed by atoms with Gasteiger partial charge in [-0.15, -0.1) is 0 Å². The van der Waals surface area contributed by atoms with Crippen LogP contribution in [0.5, 0.6) is 5.75 Å². The number of aryl methyl sites for hydroxylation is 1. The fraction of sp³-hybridized carbons (Fsp3) is 0.417. The molecule has 0 bridgehead atoms. The summed E-state index contributed by atoms with van der Waals surface area (Å²) >= 11 is 0. The quantitative estimate of drug-likeness (QED) is 0.865. The summed E-state index contributed by atoms with van der Waals surface area (Å²) in [6, 6.07) is 4.45. The van der Waals surface area contributed by atoms with Gasteiger partial charge in [0.15, 0.2) is 0 Å². The molecular formula is C12H14F2O3. The van der Waals surface area contributed by atoms with Gasteiger partial charge in [-0.2, -0.15) is 8.78 Å². The molecule has 1 unspecified atom stereocenters. The van der Waals surface area contributed by atoms with Crippen LogP contribution in [-0.2, 0) is 4.79 Å². The van der Waals surface area contributed by atoms with Crippen LogP contribution in [0.4, 0.5) is 8.78 Å². The highest BCUT2D eigenvalue weighted by atomic mass is 19.3. The first kappa shape index (κ1) is 13.4. The lowest BCUT2D eigenvalue weighted by Gasteiger charge is -2.13.